The standard InChI is InChI=1S/C23H27N3O3S/c1-28-18-10-8-17(9-11-18)21-15-19(25-29-21)23(27)24-16-20(22-7-6-14-30-22)26-12-4-2-3-5-13-26/h6-11,14-15,20H,2-5,12-13,16H2,1H3,(H,24,27)/t20-/m0/s1. The van der Waals surface area contributed by atoms with Gasteiger partial charge in [-0.05, 0) is 61.6 Å². The number of aromatic nitrogens is 1. The van der Waals surface area contributed by atoms with Crippen LogP contribution in [-0.4, -0.2) is 42.7 Å². The van der Waals surface area contributed by atoms with Gasteiger partial charge in [-0.25, -0.2) is 0 Å². The highest BCUT2D eigenvalue weighted by Gasteiger charge is 2.24. The van der Waals surface area contributed by atoms with Crippen LogP contribution in [0.1, 0.15) is 47.1 Å². The molecule has 1 aliphatic heterocycles. The summed E-state index contributed by atoms with van der Waals surface area (Å²) in [4.78, 5) is 16.5. The number of nitrogens with one attached hydrogen (secondary N) is 1. The van der Waals surface area contributed by atoms with Crippen molar-refractivity contribution in [1.82, 2.24) is 15.4 Å². The number of benzene rings is 1. The average molecular weight is 426 g/mol. The second-order valence-corrected chi connectivity index (χ2v) is 8.48. The molecule has 1 N–H and O–H groups in total. The minimum atomic E-state index is -0.213. The lowest BCUT2D eigenvalue weighted by atomic mass is 10.1. The summed E-state index contributed by atoms with van der Waals surface area (Å²) in [6.45, 7) is 2.71. The summed E-state index contributed by atoms with van der Waals surface area (Å²) < 4.78 is 10.6. The molecule has 0 bridgehead atoms. The van der Waals surface area contributed by atoms with Crippen LogP contribution in [0.15, 0.2) is 52.4 Å². The molecule has 0 spiro atoms. The molecule has 1 saturated heterocycles. The van der Waals surface area contributed by atoms with Gasteiger partial charge in [0.15, 0.2) is 11.5 Å². The highest BCUT2D eigenvalue weighted by atomic mass is 32.1. The Labute approximate surface area is 180 Å². The van der Waals surface area contributed by atoms with E-state index in [1.165, 1.54) is 30.6 Å². The van der Waals surface area contributed by atoms with Crippen molar-refractivity contribution in [1.29, 1.82) is 0 Å². The maximum Gasteiger partial charge on any atom is 0.273 e. The first-order valence-electron chi connectivity index (χ1n) is 10.4. The van der Waals surface area contributed by atoms with Gasteiger partial charge in [0.2, 0.25) is 0 Å². The van der Waals surface area contributed by atoms with E-state index in [9.17, 15) is 4.79 Å². The van der Waals surface area contributed by atoms with Crippen molar-refractivity contribution >= 4 is 17.2 Å². The average Bonchev–Trinajstić information content (AvgIpc) is 3.42. The van der Waals surface area contributed by atoms with Crippen LogP contribution in [0.5, 0.6) is 5.75 Å². The topological polar surface area (TPSA) is 67.6 Å². The molecule has 3 aromatic rings. The lowest BCUT2D eigenvalue weighted by molar-refractivity contribution is 0.0925. The van der Waals surface area contributed by atoms with Crippen LogP contribution in [-0.2, 0) is 0 Å². The summed E-state index contributed by atoms with van der Waals surface area (Å²) in [6.07, 6.45) is 4.99. The quantitative estimate of drug-likeness (QED) is 0.591. The van der Waals surface area contributed by atoms with Gasteiger partial charge in [0.1, 0.15) is 5.75 Å². The van der Waals surface area contributed by atoms with Gasteiger partial charge in [-0.2, -0.15) is 0 Å². The van der Waals surface area contributed by atoms with Crippen LogP contribution < -0.4 is 10.1 Å². The second-order valence-electron chi connectivity index (χ2n) is 7.50. The third-order valence-electron chi connectivity index (χ3n) is 5.53. The number of hydrogen-bond donors (Lipinski definition) is 1. The van der Waals surface area contributed by atoms with Gasteiger partial charge in [0.05, 0.1) is 13.2 Å². The van der Waals surface area contributed by atoms with E-state index in [-0.39, 0.29) is 11.9 Å². The van der Waals surface area contributed by atoms with Gasteiger partial charge in [-0.15, -0.1) is 11.3 Å². The summed E-state index contributed by atoms with van der Waals surface area (Å²) in [5.74, 6) is 1.12. The Morgan fingerprint density at radius 3 is 2.63 bits per heavy atom. The molecular formula is C23H27N3O3S. The third kappa shape index (κ3) is 4.91. The minimum absolute atomic E-state index is 0.194. The van der Waals surface area contributed by atoms with Crippen molar-refractivity contribution in [2.24, 2.45) is 0 Å². The first-order valence-corrected chi connectivity index (χ1v) is 11.3. The Balaban J connectivity index is 1.42. The molecule has 158 valence electrons. The number of likely N-dealkylation sites (tertiary alicyclic amines) is 1. The van der Waals surface area contributed by atoms with E-state index in [1.807, 2.05) is 24.3 Å². The van der Waals surface area contributed by atoms with E-state index >= 15 is 0 Å². The molecule has 0 radical (unpaired) electrons. The zero-order valence-corrected chi connectivity index (χ0v) is 18.0. The molecule has 3 heterocycles. The lowest BCUT2D eigenvalue weighted by Gasteiger charge is -2.30. The van der Waals surface area contributed by atoms with Gasteiger partial charge < -0.3 is 14.6 Å². The normalized spacial score (nSPS) is 16.0. The molecule has 1 aliphatic rings. The lowest BCUT2D eigenvalue weighted by Crippen LogP contribution is -2.38. The van der Waals surface area contributed by atoms with Crippen molar-refractivity contribution in [2.45, 2.75) is 31.7 Å². The van der Waals surface area contributed by atoms with E-state index < -0.39 is 0 Å². The molecule has 0 saturated carbocycles. The van der Waals surface area contributed by atoms with Gasteiger partial charge in [0, 0.05) is 23.1 Å². The molecule has 4 rings (SSSR count). The molecule has 6 nitrogen and oxygen atoms in total. The van der Waals surface area contributed by atoms with Crippen molar-refractivity contribution in [3.8, 4) is 17.1 Å². The van der Waals surface area contributed by atoms with Crippen LogP contribution in [0.4, 0.5) is 0 Å². The Morgan fingerprint density at radius 2 is 1.97 bits per heavy atom. The maximum atomic E-state index is 12.7. The number of carbonyl (C=O) groups is 1. The van der Waals surface area contributed by atoms with Gasteiger partial charge in [-0.3, -0.25) is 9.69 Å². The summed E-state index contributed by atoms with van der Waals surface area (Å²) >= 11 is 1.75. The number of carbonyl (C=O) groups excluding carboxylic acids is 1. The Morgan fingerprint density at radius 1 is 1.20 bits per heavy atom. The van der Waals surface area contributed by atoms with E-state index in [0.717, 1.165) is 24.4 Å². The second kappa shape index (κ2) is 9.91. The smallest absolute Gasteiger partial charge is 0.273 e. The number of amides is 1. The zero-order valence-electron chi connectivity index (χ0n) is 17.2. The fraction of sp³-hybridized carbons (Fsp3) is 0.391. The SMILES string of the molecule is COc1ccc(-c2cc(C(=O)NC[C@@H](c3cccs3)N3CCCCCC3)no2)cc1. The molecule has 0 unspecified atom stereocenters. The number of rotatable bonds is 7. The molecule has 1 atom stereocenters. The van der Waals surface area contributed by atoms with E-state index in [2.05, 4.69) is 32.9 Å². The van der Waals surface area contributed by atoms with Gasteiger partial charge in [-0.1, -0.05) is 24.1 Å². The van der Waals surface area contributed by atoms with Crippen molar-refractivity contribution in [3.05, 3.63) is 58.4 Å². The van der Waals surface area contributed by atoms with E-state index in [1.54, 1.807) is 24.5 Å². The zero-order chi connectivity index (χ0) is 20.8. The summed E-state index contributed by atoms with van der Waals surface area (Å²) in [5.41, 5.74) is 1.14. The van der Waals surface area contributed by atoms with Crippen LogP contribution in [0.25, 0.3) is 11.3 Å². The predicted molar refractivity (Wildman–Crippen MR) is 118 cm³/mol. The Hall–Kier alpha value is -2.64. The molecule has 1 aromatic carbocycles. The van der Waals surface area contributed by atoms with Crippen LogP contribution >= 0.6 is 11.3 Å². The maximum absolute atomic E-state index is 12.7. The number of thiophene rings is 1. The van der Waals surface area contributed by atoms with Crippen molar-refractivity contribution in [2.75, 3.05) is 26.7 Å². The Bertz CT molecular complexity index is 929. The molecular weight excluding hydrogens is 398 g/mol. The number of nitrogens with zero attached hydrogens (tertiary/aromatic N) is 2. The highest BCUT2D eigenvalue weighted by Crippen LogP contribution is 2.27. The number of ether oxygens (including phenoxy) is 1. The Kier molecular flexibility index (Phi) is 6.81. The third-order valence-corrected chi connectivity index (χ3v) is 6.50. The van der Waals surface area contributed by atoms with E-state index in [4.69, 9.17) is 9.26 Å². The molecule has 7 heteroatoms. The van der Waals surface area contributed by atoms with Crippen LogP contribution in [0.2, 0.25) is 0 Å². The first kappa shape index (κ1) is 20.6. The van der Waals surface area contributed by atoms with Crippen LogP contribution in [0, 0.1) is 0 Å². The summed E-state index contributed by atoms with van der Waals surface area (Å²) in [7, 11) is 1.63. The predicted octanol–water partition coefficient (Wildman–Crippen LogP) is 4.76. The highest BCUT2D eigenvalue weighted by molar-refractivity contribution is 7.10. The summed E-state index contributed by atoms with van der Waals surface area (Å²) in [6, 6.07) is 13.6. The fourth-order valence-electron chi connectivity index (χ4n) is 3.85. The van der Waals surface area contributed by atoms with Gasteiger partial charge >= 0.3 is 0 Å². The minimum Gasteiger partial charge on any atom is -0.497 e. The molecule has 1 fully saturated rings. The molecule has 1 amide bonds. The molecule has 30 heavy (non-hydrogen) atoms. The van der Waals surface area contributed by atoms with Gasteiger partial charge in [0.25, 0.3) is 5.91 Å². The number of hydrogen-bond acceptors (Lipinski definition) is 6. The molecule has 0 aliphatic carbocycles. The largest absolute Gasteiger partial charge is 0.497 e. The first-order chi connectivity index (χ1) is 14.7. The monoisotopic (exact) mass is 425 g/mol. The van der Waals surface area contributed by atoms with E-state index in [0.29, 0.717) is 18.0 Å². The molecule has 2 aromatic heterocycles. The fourth-order valence-corrected chi connectivity index (χ4v) is 4.71. The number of methoxy groups -OCH3 is 1. The summed E-state index contributed by atoms with van der Waals surface area (Å²) in [5, 5.41) is 9.14. The van der Waals surface area contributed by atoms with Crippen molar-refractivity contribution in [3.63, 3.8) is 0 Å². The van der Waals surface area contributed by atoms with Crippen LogP contribution in [0.3, 0.4) is 0 Å². The van der Waals surface area contributed by atoms with Crippen molar-refractivity contribution < 1.29 is 14.1 Å².